The Labute approximate surface area is 124 Å². The van der Waals surface area contributed by atoms with Crippen molar-refractivity contribution in [3.63, 3.8) is 0 Å². The minimum Gasteiger partial charge on any atom is -0.485 e. The van der Waals surface area contributed by atoms with Crippen LogP contribution in [0.2, 0.25) is 0 Å². The van der Waals surface area contributed by atoms with Crippen molar-refractivity contribution in [2.24, 2.45) is 0 Å². The van der Waals surface area contributed by atoms with Gasteiger partial charge in [0.05, 0.1) is 11.4 Å². The maximum absolute atomic E-state index is 11.6. The first kappa shape index (κ1) is 13.6. The highest BCUT2D eigenvalue weighted by Gasteiger charge is 2.19. The van der Waals surface area contributed by atoms with Gasteiger partial charge in [-0.15, -0.1) is 0 Å². The van der Waals surface area contributed by atoms with Crippen molar-refractivity contribution in [2.45, 2.75) is 32.8 Å². The zero-order valence-electron chi connectivity index (χ0n) is 12.1. The first-order valence-electron chi connectivity index (χ1n) is 7.24. The largest absolute Gasteiger partial charge is 0.485 e. The average molecular weight is 282 g/mol. The molecule has 0 saturated heterocycles. The molecule has 1 N–H and O–H groups in total. The molecule has 0 radical (unpaired) electrons. The molecule has 1 aromatic heterocycles. The quantitative estimate of drug-likeness (QED) is 0.937. The predicted octanol–water partition coefficient (Wildman–Crippen LogP) is 3.11. The highest BCUT2D eigenvalue weighted by Crippen LogP contribution is 2.34. The van der Waals surface area contributed by atoms with Crippen LogP contribution in [-0.2, 0) is 24.2 Å². The number of nitrogens with zero attached hydrogens (tertiary/aromatic N) is 1. The molecule has 0 saturated carbocycles. The van der Waals surface area contributed by atoms with Gasteiger partial charge in [-0.25, -0.2) is 0 Å². The van der Waals surface area contributed by atoms with E-state index in [0.717, 1.165) is 35.5 Å². The monoisotopic (exact) mass is 282 g/mol. The molecule has 1 aromatic carbocycles. The standard InChI is InChI=1S/C17H18N2O2/c1-2-12-9-13-6-7-16(20)19-17(13)15(10-12)21-11-14-5-3-4-8-18-14/h3-5,8-10H,2,6-7,11H2,1H3,(H,19,20). The third-order valence-electron chi connectivity index (χ3n) is 3.64. The summed E-state index contributed by atoms with van der Waals surface area (Å²) in [4.78, 5) is 15.9. The van der Waals surface area contributed by atoms with Crippen LogP contribution in [0.3, 0.4) is 0 Å². The predicted molar refractivity (Wildman–Crippen MR) is 81.3 cm³/mol. The van der Waals surface area contributed by atoms with Gasteiger partial charge in [0.1, 0.15) is 12.4 Å². The van der Waals surface area contributed by atoms with Crippen LogP contribution in [-0.4, -0.2) is 10.9 Å². The summed E-state index contributed by atoms with van der Waals surface area (Å²) < 4.78 is 5.90. The van der Waals surface area contributed by atoms with E-state index >= 15 is 0 Å². The molecule has 2 aromatic rings. The molecule has 0 fully saturated rings. The van der Waals surface area contributed by atoms with Crippen LogP contribution in [0.15, 0.2) is 36.5 Å². The van der Waals surface area contributed by atoms with Crippen LogP contribution in [0.1, 0.15) is 30.2 Å². The van der Waals surface area contributed by atoms with E-state index in [9.17, 15) is 4.79 Å². The minimum absolute atomic E-state index is 0.0504. The zero-order valence-corrected chi connectivity index (χ0v) is 12.1. The lowest BCUT2D eigenvalue weighted by atomic mass is 9.98. The summed E-state index contributed by atoms with van der Waals surface area (Å²) in [6.07, 6.45) is 4.01. The number of hydrogen-bond donors (Lipinski definition) is 1. The van der Waals surface area contributed by atoms with Crippen LogP contribution in [0.25, 0.3) is 0 Å². The van der Waals surface area contributed by atoms with Gasteiger partial charge in [0.2, 0.25) is 5.91 Å². The molecule has 21 heavy (non-hydrogen) atoms. The number of fused-ring (bicyclic) bond motifs is 1. The number of aromatic nitrogens is 1. The molecule has 1 aliphatic rings. The van der Waals surface area contributed by atoms with Crippen molar-refractivity contribution >= 4 is 11.6 Å². The summed E-state index contributed by atoms with van der Waals surface area (Å²) in [5.74, 6) is 0.789. The topological polar surface area (TPSA) is 51.2 Å². The lowest BCUT2D eigenvalue weighted by Crippen LogP contribution is -2.20. The molecule has 108 valence electrons. The van der Waals surface area contributed by atoms with Crippen LogP contribution >= 0.6 is 0 Å². The second-order valence-corrected chi connectivity index (χ2v) is 5.14. The minimum atomic E-state index is 0.0504. The Morgan fingerprint density at radius 2 is 2.19 bits per heavy atom. The SMILES string of the molecule is CCc1cc2c(c(OCc3ccccn3)c1)NC(=O)CC2. The van der Waals surface area contributed by atoms with Gasteiger partial charge in [-0.2, -0.15) is 0 Å². The van der Waals surface area contributed by atoms with Gasteiger partial charge in [0, 0.05) is 12.6 Å². The Kier molecular flexibility index (Phi) is 3.86. The molecule has 1 amide bonds. The number of aryl methyl sites for hydroxylation is 2. The van der Waals surface area contributed by atoms with E-state index in [1.807, 2.05) is 24.3 Å². The second kappa shape index (κ2) is 5.95. The van der Waals surface area contributed by atoms with Crippen LogP contribution < -0.4 is 10.1 Å². The number of pyridine rings is 1. The second-order valence-electron chi connectivity index (χ2n) is 5.14. The molecule has 0 bridgehead atoms. The molecule has 1 aliphatic heterocycles. The smallest absolute Gasteiger partial charge is 0.224 e. The van der Waals surface area contributed by atoms with Crippen molar-refractivity contribution in [1.82, 2.24) is 4.98 Å². The molecule has 4 nitrogen and oxygen atoms in total. The molecule has 0 aliphatic carbocycles. The van der Waals surface area contributed by atoms with Crippen LogP contribution in [0, 0.1) is 0 Å². The fourth-order valence-electron chi connectivity index (χ4n) is 2.48. The summed E-state index contributed by atoms with van der Waals surface area (Å²) in [6, 6.07) is 9.90. The first-order valence-corrected chi connectivity index (χ1v) is 7.24. The van der Waals surface area contributed by atoms with E-state index in [1.54, 1.807) is 6.20 Å². The number of nitrogens with one attached hydrogen (secondary N) is 1. The lowest BCUT2D eigenvalue weighted by molar-refractivity contribution is -0.116. The molecule has 3 rings (SSSR count). The van der Waals surface area contributed by atoms with E-state index in [1.165, 1.54) is 5.56 Å². The summed E-state index contributed by atoms with van der Waals surface area (Å²) in [6.45, 7) is 2.52. The number of hydrogen-bond acceptors (Lipinski definition) is 3. The highest BCUT2D eigenvalue weighted by molar-refractivity contribution is 5.95. The van der Waals surface area contributed by atoms with Gasteiger partial charge < -0.3 is 10.1 Å². The normalized spacial score (nSPS) is 13.5. The van der Waals surface area contributed by atoms with Crippen molar-refractivity contribution in [3.05, 3.63) is 53.3 Å². The first-order chi connectivity index (χ1) is 10.3. The van der Waals surface area contributed by atoms with Gasteiger partial charge in [-0.05, 0) is 42.2 Å². The molecule has 0 atom stereocenters. The molecule has 4 heteroatoms. The Bertz CT molecular complexity index is 653. The van der Waals surface area contributed by atoms with Crippen molar-refractivity contribution < 1.29 is 9.53 Å². The number of ether oxygens (including phenoxy) is 1. The average Bonchev–Trinajstić information content (AvgIpc) is 2.53. The van der Waals surface area contributed by atoms with Crippen molar-refractivity contribution in [3.8, 4) is 5.75 Å². The van der Waals surface area contributed by atoms with E-state index < -0.39 is 0 Å². The molecular formula is C17H18N2O2. The Hall–Kier alpha value is -2.36. The number of benzene rings is 1. The van der Waals surface area contributed by atoms with E-state index in [2.05, 4.69) is 23.3 Å². The molecule has 0 spiro atoms. The van der Waals surface area contributed by atoms with E-state index in [0.29, 0.717) is 13.0 Å². The Morgan fingerprint density at radius 1 is 1.29 bits per heavy atom. The van der Waals surface area contributed by atoms with Crippen LogP contribution in [0.5, 0.6) is 5.75 Å². The fourth-order valence-corrected chi connectivity index (χ4v) is 2.48. The van der Waals surface area contributed by atoms with Gasteiger partial charge in [0.25, 0.3) is 0 Å². The summed E-state index contributed by atoms with van der Waals surface area (Å²) in [7, 11) is 0. The third-order valence-corrected chi connectivity index (χ3v) is 3.64. The Morgan fingerprint density at radius 3 is 2.95 bits per heavy atom. The van der Waals surface area contributed by atoms with E-state index in [4.69, 9.17) is 4.74 Å². The summed E-state index contributed by atoms with van der Waals surface area (Å²) in [5, 5.41) is 2.93. The third kappa shape index (κ3) is 3.05. The van der Waals surface area contributed by atoms with Gasteiger partial charge >= 0.3 is 0 Å². The number of carbonyl (C=O) groups excluding carboxylic acids is 1. The number of anilines is 1. The van der Waals surface area contributed by atoms with Crippen molar-refractivity contribution in [2.75, 3.05) is 5.32 Å². The van der Waals surface area contributed by atoms with E-state index in [-0.39, 0.29) is 5.91 Å². The van der Waals surface area contributed by atoms with Crippen LogP contribution in [0.4, 0.5) is 5.69 Å². The lowest BCUT2D eigenvalue weighted by Gasteiger charge is -2.21. The summed E-state index contributed by atoms with van der Waals surface area (Å²) >= 11 is 0. The summed E-state index contributed by atoms with van der Waals surface area (Å²) in [5.41, 5.74) is 4.07. The number of amides is 1. The maximum atomic E-state index is 11.6. The zero-order chi connectivity index (χ0) is 14.7. The number of rotatable bonds is 4. The fraction of sp³-hybridized carbons (Fsp3) is 0.294. The van der Waals surface area contributed by atoms with Gasteiger partial charge in [-0.3, -0.25) is 9.78 Å². The van der Waals surface area contributed by atoms with Gasteiger partial charge in [0.15, 0.2) is 0 Å². The van der Waals surface area contributed by atoms with Crippen molar-refractivity contribution in [1.29, 1.82) is 0 Å². The highest BCUT2D eigenvalue weighted by atomic mass is 16.5. The molecule has 2 heterocycles. The number of carbonyl (C=O) groups is 1. The Balaban J connectivity index is 1.87. The maximum Gasteiger partial charge on any atom is 0.224 e. The van der Waals surface area contributed by atoms with Gasteiger partial charge in [-0.1, -0.05) is 19.1 Å². The molecular weight excluding hydrogens is 264 g/mol. The molecule has 0 unspecified atom stereocenters.